The molecule has 4 heteroatoms. The van der Waals surface area contributed by atoms with Crippen LogP contribution in [0.1, 0.15) is 18.4 Å². The molecule has 0 radical (unpaired) electrons. The smallest absolute Gasteiger partial charge is 0.407 e. The predicted octanol–water partition coefficient (Wildman–Crippen LogP) is 4.37. The van der Waals surface area contributed by atoms with Gasteiger partial charge in [0.15, 0.2) is 0 Å². The maximum Gasteiger partial charge on any atom is 0.407 e. The van der Waals surface area contributed by atoms with Crippen molar-refractivity contribution in [1.82, 2.24) is 5.32 Å². The molecule has 142 valence electrons. The Morgan fingerprint density at radius 3 is 2.63 bits per heavy atom. The highest BCUT2D eigenvalue weighted by Gasteiger charge is 2.36. The Kier molecular flexibility index (Phi) is 5.97. The number of quaternary nitrogens is 1. The number of piperidine rings is 1. The average molecular weight is 365 g/mol. The van der Waals surface area contributed by atoms with Crippen LogP contribution in [-0.2, 0) is 11.3 Å². The molecule has 1 heterocycles. The number of carbonyl (C=O) groups is 1. The fraction of sp³-hybridized carbons (Fsp3) is 0.348. The van der Waals surface area contributed by atoms with Crippen LogP contribution in [0.5, 0.6) is 0 Å². The summed E-state index contributed by atoms with van der Waals surface area (Å²) >= 11 is 0. The van der Waals surface area contributed by atoms with E-state index in [2.05, 4.69) is 44.2 Å². The number of carbonyl (C=O) groups excluding carboxylic acids is 1. The Bertz CT molecular complexity index is 786. The normalized spacial score (nSPS) is 21.3. The van der Waals surface area contributed by atoms with Crippen molar-refractivity contribution in [2.75, 3.05) is 20.6 Å². The van der Waals surface area contributed by atoms with Crippen molar-refractivity contribution in [2.45, 2.75) is 31.5 Å². The number of hydrogen-bond acceptors (Lipinski definition) is 2. The molecule has 0 unspecified atom stereocenters. The number of nitrogens with one attached hydrogen (secondary N) is 1. The van der Waals surface area contributed by atoms with Gasteiger partial charge in [-0.3, -0.25) is 0 Å². The Labute approximate surface area is 162 Å². The maximum absolute atomic E-state index is 12.3. The molecule has 27 heavy (non-hydrogen) atoms. The lowest BCUT2D eigenvalue weighted by atomic mass is 9.97. The van der Waals surface area contributed by atoms with Crippen molar-refractivity contribution in [3.63, 3.8) is 0 Å². The van der Waals surface area contributed by atoms with E-state index in [1.807, 2.05) is 42.5 Å². The Balaban J connectivity index is 1.58. The van der Waals surface area contributed by atoms with Crippen molar-refractivity contribution >= 4 is 6.09 Å². The highest BCUT2D eigenvalue weighted by molar-refractivity contribution is 5.70. The van der Waals surface area contributed by atoms with Gasteiger partial charge >= 0.3 is 6.09 Å². The highest BCUT2D eigenvalue weighted by Crippen LogP contribution is 2.25. The zero-order valence-corrected chi connectivity index (χ0v) is 16.2. The van der Waals surface area contributed by atoms with Gasteiger partial charge in [0.25, 0.3) is 0 Å². The van der Waals surface area contributed by atoms with Gasteiger partial charge < -0.3 is 14.5 Å². The van der Waals surface area contributed by atoms with Gasteiger partial charge in [0.2, 0.25) is 0 Å². The lowest BCUT2D eigenvalue weighted by Crippen LogP contribution is -2.54. The Hall–Kier alpha value is -2.59. The van der Waals surface area contributed by atoms with Gasteiger partial charge in [0.1, 0.15) is 12.1 Å². The van der Waals surface area contributed by atoms with E-state index >= 15 is 0 Å². The van der Waals surface area contributed by atoms with Crippen molar-refractivity contribution in [1.29, 1.82) is 0 Å². The van der Waals surface area contributed by atoms with Gasteiger partial charge in [-0.2, -0.15) is 0 Å². The van der Waals surface area contributed by atoms with Crippen LogP contribution in [0.15, 0.2) is 67.3 Å². The van der Waals surface area contributed by atoms with Crippen LogP contribution in [0.3, 0.4) is 0 Å². The average Bonchev–Trinajstić information content (AvgIpc) is 2.68. The third kappa shape index (κ3) is 4.77. The SMILES string of the molecule is C=C[C@@H]1C[C@@H](OC(=O)NCc2ccccc2-c2ccccc2)CC[N+]1(C)C. The van der Waals surface area contributed by atoms with Gasteiger partial charge in [0.05, 0.1) is 20.6 Å². The second-order valence-corrected chi connectivity index (χ2v) is 7.73. The van der Waals surface area contributed by atoms with Gasteiger partial charge in [-0.1, -0.05) is 61.2 Å². The topological polar surface area (TPSA) is 38.3 Å². The number of ether oxygens (including phenoxy) is 1. The van der Waals surface area contributed by atoms with E-state index < -0.39 is 0 Å². The van der Waals surface area contributed by atoms with Crippen LogP contribution < -0.4 is 5.32 Å². The van der Waals surface area contributed by atoms with Gasteiger partial charge in [-0.05, 0) is 22.8 Å². The summed E-state index contributed by atoms with van der Waals surface area (Å²) in [6.45, 7) is 5.36. The Morgan fingerprint density at radius 1 is 1.19 bits per heavy atom. The molecule has 3 rings (SSSR count). The molecule has 1 fully saturated rings. The number of amides is 1. The van der Waals surface area contributed by atoms with Crippen LogP contribution in [0, 0.1) is 0 Å². The minimum absolute atomic E-state index is 0.0523. The first-order valence-corrected chi connectivity index (χ1v) is 9.52. The number of alkyl carbamates (subject to hydrolysis) is 1. The van der Waals surface area contributed by atoms with E-state index in [9.17, 15) is 4.79 Å². The van der Waals surface area contributed by atoms with Crippen LogP contribution in [0.4, 0.5) is 4.79 Å². The molecular formula is C23H29N2O2+. The first kappa shape index (κ1) is 19.2. The zero-order valence-electron chi connectivity index (χ0n) is 16.2. The van der Waals surface area contributed by atoms with E-state index in [0.29, 0.717) is 12.6 Å². The summed E-state index contributed by atoms with van der Waals surface area (Å²) in [4.78, 5) is 12.3. The number of likely N-dealkylation sites (tertiary alicyclic amines) is 1. The number of rotatable bonds is 5. The van der Waals surface area contributed by atoms with E-state index in [1.165, 1.54) is 0 Å². The number of hydrogen-bond donors (Lipinski definition) is 1. The fourth-order valence-corrected chi connectivity index (χ4v) is 3.74. The summed E-state index contributed by atoms with van der Waals surface area (Å²) in [5, 5.41) is 2.92. The maximum atomic E-state index is 12.3. The molecule has 4 nitrogen and oxygen atoms in total. The summed E-state index contributed by atoms with van der Waals surface area (Å²) in [5.74, 6) is 0. The molecule has 0 saturated carbocycles. The molecule has 0 aliphatic carbocycles. The quantitative estimate of drug-likeness (QED) is 0.631. The van der Waals surface area contributed by atoms with Crippen LogP contribution in [0.25, 0.3) is 11.1 Å². The molecule has 2 aromatic rings. The van der Waals surface area contributed by atoms with Crippen LogP contribution >= 0.6 is 0 Å². The van der Waals surface area contributed by atoms with E-state index in [0.717, 1.165) is 40.6 Å². The van der Waals surface area contributed by atoms with Gasteiger partial charge in [-0.25, -0.2) is 4.79 Å². The lowest BCUT2D eigenvalue weighted by molar-refractivity contribution is -0.914. The summed E-state index contributed by atoms with van der Waals surface area (Å²) in [6, 6.07) is 18.6. The van der Waals surface area contributed by atoms with E-state index in [4.69, 9.17) is 4.74 Å². The molecule has 1 amide bonds. The summed E-state index contributed by atoms with van der Waals surface area (Å²) in [6.07, 6.45) is 3.28. The van der Waals surface area contributed by atoms with E-state index in [-0.39, 0.29) is 12.2 Å². The predicted molar refractivity (Wildman–Crippen MR) is 109 cm³/mol. The number of nitrogens with zero attached hydrogens (tertiary/aromatic N) is 1. The lowest BCUT2D eigenvalue weighted by Gasteiger charge is -2.42. The second-order valence-electron chi connectivity index (χ2n) is 7.73. The molecule has 1 saturated heterocycles. The van der Waals surface area contributed by atoms with Gasteiger partial charge in [-0.15, -0.1) is 0 Å². The molecule has 1 aliphatic heterocycles. The number of likely N-dealkylation sites (N-methyl/N-ethyl adjacent to an activating group) is 1. The Morgan fingerprint density at radius 2 is 1.89 bits per heavy atom. The standard InChI is InChI=1S/C23H28N2O2/c1-4-20-16-21(14-15-25(20,2)3)27-23(26)24-17-19-12-8-9-13-22(19)18-10-6-5-7-11-18/h4-13,20-21H,1,14-17H2,2-3H3/p+1/t20-,21+/m1/s1. The highest BCUT2D eigenvalue weighted by atomic mass is 16.6. The molecule has 0 aromatic heterocycles. The monoisotopic (exact) mass is 365 g/mol. The zero-order chi connectivity index (χ0) is 19.3. The minimum Gasteiger partial charge on any atom is -0.446 e. The van der Waals surface area contributed by atoms with Crippen molar-refractivity contribution in [3.8, 4) is 11.1 Å². The van der Waals surface area contributed by atoms with Crippen LogP contribution in [-0.4, -0.2) is 43.4 Å². The molecule has 2 atom stereocenters. The molecule has 1 aliphatic rings. The third-order valence-electron chi connectivity index (χ3n) is 5.50. The largest absolute Gasteiger partial charge is 0.446 e. The number of benzene rings is 2. The first-order chi connectivity index (χ1) is 13.0. The van der Waals surface area contributed by atoms with Crippen molar-refractivity contribution in [3.05, 3.63) is 72.8 Å². The first-order valence-electron chi connectivity index (χ1n) is 9.52. The summed E-state index contributed by atoms with van der Waals surface area (Å²) in [7, 11) is 4.40. The molecule has 0 bridgehead atoms. The summed E-state index contributed by atoms with van der Waals surface area (Å²) in [5.41, 5.74) is 3.34. The summed E-state index contributed by atoms with van der Waals surface area (Å²) < 4.78 is 6.57. The second kappa shape index (κ2) is 8.40. The minimum atomic E-state index is -0.349. The molecule has 2 aromatic carbocycles. The van der Waals surface area contributed by atoms with Crippen molar-refractivity contribution in [2.24, 2.45) is 0 Å². The van der Waals surface area contributed by atoms with Crippen molar-refractivity contribution < 1.29 is 14.0 Å². The van der Waals surface area contributed by atoms with E-state index in [1.54, 1.807) is 0 Å². The third-order valence-corrected chi connectivity index (χ3v) is 5.50. The molecule has 1 N–H and O–H groups in total. The fourth-order valence-electron chi connectivity index (χ4n) is 3.74. The van der Waals surface area contributed by atoms with Crippen LogP contribution in [0.2, 0.25) is 0 Å². The van der Waals surface area contributed by atoms with Gasteiger partial charge in [0, 0.05) is 19.4 Å². The molecular weight excluding hydrogens is 336 g/mol. The molecule has 0 spiro atoms.